The summed E-state index contributed by atoms with van der Waals surface area (Å²) in [5, 5.41) is 35.6. The number of imidazole rings is 1. The molecule has 1 aromatic carbocycles. The third-order valence-corrected chi connectivity index (χ3v) is 5.30. The van der Waals surface area contributed by atoms with Gasteiger partial charge in [-0.05, 0) is 12.5 Å². The fourth-order valence-electron chi connectivity index (χ4n) is 3.36. The lowest BCUT2D eigenvalue weighted by molar-refractivity contribution is -0.143. The van der Waals surface area contributed by atoms with Crippen LogP contribution in [0.5, 0.6) is 0 Å². The summed E-state index contributed by atoms with van der Waals surface area (Å²) in [6.07, 6.45) is 0.449. The molecule has 3 amide bonds. The van der Waals surface area contributed by atoms with Crippen LogP contribution in [0.3, 0.4) is 0 Å². The van der Waals surface area contributed by atoms with Gasteiger partial charge in [0.1, 0.15) is 18.1 Å². The van der Waals surface area contributed by atoms with Crippen LogP contribution < -0.4 is 21.7 Å². The highest BCUT2D eigenvalue weighted by Gasteiger charge is 2.33. The first-order chi connectivity index (χ1) is 17.5. The van der Waals surface area contributed by atoms with E-state index in [0.29, 0.717) is 11.3 Å². The van der Waals surface area contributed by atoms with E-state index in [1.165, 1.54) is 19.4 Å². The molecule has 0 saturated carbocycles. The molecule has 0 aliphatic carbocycles. The number of nitrogens with one attached hydrogen (secondary N) is 4. The Morgan fingerprint density at radius 2 is 1.59 bits per heavy atom. The molecule has 14 heteroatoms. The number of carbonyl (C=O) groups excluding carboxylic acids is 3. The molecule has 5 atom stereocenters. The number of amides is 3. The smallest absolute Gasteiger partial charge is 0.326 e. The Morgan fingerprint density at radius 1 is 0.946 bits per heavy atom. The molecule has 1 aromatic heterocycles. The highest BCUT2D eigenvalue weighted by Crippen LogP contribution is 2.06. The first kappa shape index (κ1) is 28.9. The third-order valence-electron chi connectivity index (χ3n) is 5.30. The van der Waals surface area contributed by atoms with E-state index in [9.17, 15) is 34.2 Å². The van der Waals surface area contributed by atoms with Gasteiger partial charge >= 0.3 is 11.9 Å². The van der Waals surface area contributed by atoms with Crippen LogP contribution in [-0.4, -0.2) is 85.2 Å². The minimum absolute atomic E-state index is 0.0393. The standard InChI is InChI=1S/C23H30N6O8/c1-12(30)19(22(35)28-17(23(36)37)7-13-5-3-2-4-6-13)29-21(34)16(8-14-10-25-11-26-14)27-20(33)15(24)9-18(31)32/h2-6,10-12,15-17,19,30H,7-9,24H2,1H3,(H,25,26)(H,27,33)(H,28,35)(H,29,34)(H,31,32)(H,36,37). The number of aliphatic hydroxyl groups excluding tert-OH is 1. The molecule has 14 nitrogen and oxygen atoms in total. The van der Waals surface area contributed by atoms with Crippen molar-refractivity contribution in [2.24, 2.45) is 5.73 Å². The van der Waals surface area contributed by atoms with Gasteiger partial charge in [0, 0.05) is 24.7 Å². The second kappa shape index (κ2) is 13.7. The van der Waals surface area contributed by atoms with E-state index in [0.717, 1.165) is 0 Å². The van der Waals surface area contributed by atoms with Crippen LogP contribution in [0.15, 0.2) is 42.9 Å². The number of rotatable bonds is 14. The van der Waals surface area contributed by atoms with Crippen LogP contribution in [0.2, 0.25) is 0 Å². The number of benzene rings is 1. The molecule has 0 radical (unpaired) electrons. The van der Waals surface area contributed by atoms with E-state index in [-0.39, 0.29) is 12.8 Å². The lowest BCUT2D eigenvalue weighted by Gasteiger charge is -2.26. The van der Waals surface area contributed by atoms with Gasteiger partial charge in [-0.15, -0.1) is 0 Å². The molecule has 37 heavy (non-hydrogen) atoms. The average Bonchev–Trinajstić information content (AvgIpc) is 3.34. The molecule has 2 rings (SSSR count). The number of nitrogens with two attached hydrogens (primary N) is 1. The lowest BCUT2D eigenvalue weighted by atomic mass is 10.0. The number of hydrogen-bond donors (Lipinski definition) is 8. The van der Waals surface area contributed by atoms with Gasteiger partial charge in [0.25, 0.3) is 0 Å². The van der Waals surface area contributed by atoms with Gasteiger partial charge < -0.3 is 42.0 Å². The van der Waals surface area contributed by atoms with Crippen LogP contribution in [-0.2, 0) is 36.8 Å². The Balaban J connectivity index is 2.16. The van der Waals surface area contributed by atoms with Crippen LogP contribution in [0, 0.1) is 0 Å². The molecule has 5 unspecified atom stereocenters. The van der Waals surface area contributed by atoms with Crippen LogP contribution in [0.4, 0.5) is 0 Å². The van der Waals surface area contributed by atoms with Gasteiger partial charge in [-0.25, -0.2) is 9.78 Å². The number of aliphatic hydroxyl groups is 1. The van der Waals surface area contributed by atoms with Gasteiger partial charge in [0.15, 0.2) is 0 Å². The highest BCUT2D eigenvalue weighted by molar-refractivity contribution is 5.95. The largest absolute Gasteiger partial charge is 0.481 e. The number of hydrogen-bond acceptors (Lipinski definition) is 8. The first-order valence-corrected chi connectivity index (χ1v) is 11.3. The fourth-order valence-corrected chi connectivity index (χ4v) is 3.36. The molecule has 0 aliphatic heterocycles. The Bertz CT molecular complexity index is 1080. The normalized spacial score (nSPS) is 14.9. The molecule has 9 N–H and O–H groups in total. The van der Waals surface area contributed by atoms with Crippen molar-refractivity contribution in [1.82, 2.24) is 25.9 Å². The summed E-state index contributed by atoms with van der Waals surface area (Å²) >= 11 is 0. The van der Waals surface area contributed by atoms with Crippen molar-refractivity contribution in [3.05, 3.63) is 54.1 Å². The summed E-state index contributed by atoms with van der Waals surface area (Å²) in [5.41, 5.74) is 6.66. The van der Waals surface area contributed by atoms with Crippen molar-refractivity contribution in [3.63, 3.8) is 0 Å². The second-order valence-corrected chi connectivity index (χ2v) is 8.36. The molecule has 0 bridgehead atoms. The molecular formula is C23H30N6O8. The van der Waals surface area contributed by atoms with Crippen molar-refractivity contribution < 1.29 is 39.3 Å². The molecule has 0 aliphatic rings. The maximum Gasteiger partial charge on any atom is 0.326 e. The molecule has 200 valence electrons. The molecular weight excluding hydrogens is 488 g/mol. The van der Waals surface area contributed by atoms with Gasteiger partial charge in [-0.3, -0.25) is 19.2 Å². The van der Waals surface area contributed by atoms with E-state index in [2.05, 4.69) is 25.9 Å². The van der Waals surface area contributed by atoms with Crippen molar-refractivity contribution in [1.29, 1.82) is 0 Å². The van der Waals surface area contributed by atoms with Crippen molar-refractivity contribution in [2.45, 2.75) is 56.5 Å². The highest BCUT2D eigenvalue weighted by atomic mass is 16.4. The minimum atomic E-state index is -1.57. The molecule has 0 spiro atoms. The summed E-state index contributed by atoms with van der Waals surface area (Å²) in [6, 6.07) is 2.87. The number of carboxylic acid groups (broad SMARTS) is 2. The number of aliphatic carboxylic acids is 2. The summed E-state index contributed by atoms with van der Waals surface area (Å²) in [7, 11) is 0. The second-order valence-electron chi connectivity index (χ2n) is 8.36. The predicted octanol–water partition coefficient (Wildman–Crippen LogP) is -2.08. The zero-order valence-corrected chi connectivity index (χ0v) is 20.0. The molecule has 2 aromatic rings. The molecule has 0 fully saturated rings. The van der Waals surface area contributed by atoms with E-state index < -0.39 is 66.4 Å². The Labute approximate surface area is 211 Å². The van der Waals surface area contributed by atoms with E-state index in [4.69, 9.17) is 10.8 Å². The number of nitrogens with zero attached hydrogens (tertiary/aromatic N) is 1. The van der Waals surface area contributed by atoms with Crippen molar-refractivity contribution in [3.8, 4) is 0 Å². The summed E-state index contributed by atoms with van der Waals surface area (Å²) in [4.78, 5) is 67.5. The Morgan fingerprint density at radius 3 is 2.14 bits per heavy atom. The molecule has 0 saturated heterocycles. The zero-order valence-electron chi connectivity index (χ0n) is 20.0. The first-order valence-electron chi connectivity index (χ1n) is 11.3. The lowest BCUT2D eigenvalue weighted by Crippen LogP contribution is -2.60. The quantitative estimate of drug-likeness (QED) is 0.136. The zero-order chi connectivity index (χ0) is 27.5. The maximum absolute atomic E-state index is 13.1. The van der Waals surface area contributed by atoms with Crippen molar-refractivity contribution >= 4 is 29.7 Å². The third kappa shape index (κ3) is 9.35. The van der Waals surface area contributed by atoms with Crippen LogP contribution in [0.25, 0.3) is 0 Å². The van der Waals surface area contributed by atoms with Gasteiger partial charge in [0.05, 0.1) is 24.9 Å². The number of carbonyl (C=O) groups is 5. The van der Waals surface area contributed by atoms with E-state index in [1.54, 1.807) is 30.3 Å². The maximum atomic E-state index is 13.1. The van der Waals surface area contributed by atoms with Gasteiger partial charge in [-0.1, -0.05) is 30.3 Å². The fraction of sp³-hybridized carbons (Fsp3) is 0.391. The van der Waals surface area contributed by atoms with Crippen LogP contribution in [0.1, 0.15) is 24.6 Å². The Hall–Kier alpha value is -4.30. The van der Waals surface area contributed by atoms with Gasteiger partial charge in [0.2, 0.25) is 17.7 Å². The number of aromatic amines is 1. The SMILES string of the molecule is CC(O)C(NC(=O)C(Cc1cnc[nH]1)NC(=O)C(N)CC(=O)O)C(=O)NC(Cc1ccccc1)C(=O)O. The average molecular weight is 519 g/mol. The summed E-state index contributed by atoms with van der Waals surface area (Å²) in [5.74, 6) is -5.41. The van der Waals surface area contributed by atoms with E-state index >= 15 is 0 Å². The summed E-state index contributed by atoms with van der Waals surface area (Å²) < 4.78 is 0. The van der Waals surface area contributed by atoms with Crippen molar-refractivity contribution in [2.75, 3.05) is 0 Å². The predicted molar refractivity (Wildman–Crippen MR) is 128 cm³/mol. The number of H-pyrrole nitrogens is 1. The minimum Gasteiger partial charge on any atom is -0.481 e. The van der Waals surface area contributed by atoms with Crippen LogP contribution >= 0.6 is 0 Å². The Kier molecular flexibility index (Phi) is 10.7. The number of carboxylic acids is 2. The molecule has 1 heterocycles. The van der Waals surface area contributed by atoms with E-state index in [1.807, 2.05) is 0 Å². The topological polar surface area (TPSA) is 237 Å². The monoisotopic (exact) mass is 518 g/mol. The summed E-state index contributed by atoms with van der Waals surface area (Å²) in [6.45, 7) is 1.22. The van der Waals surface area contributed by atoms with Gasteiger partial charge in [-0.2, -0.15) is 0 Å². The number of aromatic nitrogens is 2.